The van der Waals surface area contributed by atoms with E-state index in [9.17, 15) is 0 Å². The van der Waals surface area contributed by atoms with Crippen molar-refractivity contribution in [1.82, 2.24) is 0 Å². The van der Waals surface area contributed by atoms with Gasteiger partial charge in [0.1, 0.15) is 0 Å². The molecule has 0 spiro atoms. The van der Waals surface area contributed by atoms with E-state index in [0.717, 1.165) is 6.42 Å². The fraction of sp³-hybridized carbons (Fsp3) is 0.625. The van der Waals surface area contributed by atoms with Crippen LogP contribution in [0, 0.1) is 0 Å². The zero-order valence-corrected chi connectivity index (χ0v) is 11.6. The molecule has 0 heterocycles. The number of benzene rings is 1. The van der Waals surface area contributed by atoms with Gasteiger partial charge in [-0.15, -0.1) is 0 Å². The third-order valence-electron chi connectivity index (χ3n) is 3.24. The molecule has 1 heteroatoms. The number of nitrogens with one attached hydrogen (secondary N) is 1. The summed E-state index contributed by atoms with van der Waals surface area (Å²) in [6, 6.07) is 9.35. The molecule has 0 aliphatic rings. The van der Waals surface area contributed by atoms with E-state index in [0.29, 0.717) is 6.04 Å². The zero-order valence-electron chi connectivity index (χ0n) is 11.6. The van der Waals surface area contributed by atoms with Crippen LogP contribution in [-0.4, -0.2) is 6.04 Å². The van der Waals surface area contributed by atoms with E-state index in [1.165, 1.54) is 43.4 Å². The van der Waals surface area contributed by atoms with Crippen molar-refractivity contribution >= 4 is 5.69 Å². The Morgan fingerprint density at radius 3 is 2.65 bits per heavy atom. The topological polar surface area (TPSA) is 12.0 Å². The van der Waals surface area contributed by atoms with Crippen molar-refractivity contribution in [3.8, 4) is 0 Å². The monoisotopic (exact) mass is 233 g/mol. The molecule has 96 valence electrons. The molecular weight excluding hydrogens is 206 g/mol. The van der Waals surface area contributed by atoms with Gasteiger partial charge in [-0.25, -0.2) is 0 Å². The van der Waals surface area contributed by atoms with E-state index in [2.05, 4.69) is 50.4 Å². The highest BCUT2D eigenvalue weighted by atomic mass is 14.9. The summed E-state index contributed by atoms with van der Waals surface area (Å²) in [5, 5.41) is 3.59. The van der Waals surface area contributed by atoms with E-state index >= 15 is 0 Å². The Hall–Kier alpha value is -0.980. The second-order valence-electron chi connectivity index (χ2n) is 4.95. The molecule has 1 N–H and O–H groups in total. The van der Waals surface area contributed by atoms with E-state index < -0.39 is 0 Å². The van der Waals surface area contributed by atoms with Gasteiger partial charge >= 0.3 is 0 Å². The molecule has 1 unspecified atom stereocenters. The standard InChI is InChI=1S/C16H27N/c1-4-6-7-8-10-14(3)17-16-12-9-11-15(5-2)13-16/h9,11-14,17H,4-8,10H2,1-3H3. The molecule has 1 aromatic rings. The van der Waals surface area contributed by atoms with E-state index in [1.807, 2.05) is 0 Å². The van der Waals surface area contributed by atoms with Crippen LogP contribution < -0.4 is 5.32 Å². The van der Waals surface area contributed by atoms with Gasteiger partial charge in [0.05, 0.1) is 0 Å². The summed E-state index contributed by atoms with van der Waals surface area (Å²) in [5.74, 6) is 0. The minimum Gasteiger partial charge on any atom is -0.383 e. The first-order chi connectivity index (χ1) is 8.26. The van der Waals surface area contributed by atoms with Crippen LogP contribution >= 0.6 is 0 Å². The van der Waals surface area contributed by atoms with Gasteiger partial charge in [0.25, 0.3) is 0 Å². The van der Waals surface area contributed by atoms with Crippen LogP contribution in [0.15, 0.2) is 24.3 Å². The lowest BCUT2D eigenvalue weighted by atomic mass is 10.1. The summed E-state index contributed by atoms with van der Waals surface area (Å²) >= 11 is 0. The van der Waals surface area contributed by atoms with Crippen LogP contribution in [0.5, 0.6) is 0 Å². The van der Waals surface area contributed by atoms with Crippen LogP contribution in [-0.2, 0) is 6.42 Å². The van der Waals surface area contributed by atoms with Crippen molar-refractivity contribution in [2.45, 2.75) is 65.3 Å². The average molecular weight is 233 g/mol. The van der Waals surface area contributed by atoms with E-state index in [-0.39, 0.29) is 0 Å². The van der Waals surface area contributed by atoms with Gasteiger partial charge in [-0.1, -0.05) is 51.7 Å². The van der Waals surface area contributed by atoms with Crippen molar-refractivity contribution in [3.05, 3.63) is 29.8 Å². The number of rotatable bonds is 8. The summed E-state index contributed by atoms with van der Waals surface area (Å²) in [6.07, 6.45) is 7.79. The fourth-order valence-corrected chi connectivity index (χ4v) is 2.12. The summed E-state index contributed by atoms with van der Waals surface area (Å²) in [4.78, 5) is 0. The first kappa shape index (κ1) is 14.1. The van der Waals surface area contributed by atoms with E-state index in [4.69, 9.17) is 0 Å². The van der Waals surface area contributed by atoms with Crippen molar-refractivity contribution in [2.75, 3.05) is 5.32 Å². The highest BCUT2D eigenvalue weighted by molar-refractivity contribution is 5.46. The quantitative estimate of drug-likeness (QED) is 0.622. The Labute approximate surface area is 107 Å². The van der Waals surface area contributed by atoms with Gasteiger partial charge in [-0.05, 0) is 37.5 Å². The molecule has 17 heavy (non-hydrogen) atoms. The molecule has 0 fully saturated rings. The molecule has 0 aliphatic carbocycles. The Kier molecular flexibility index (Phi) is 6.76. The maximum atomic E-state index is 3.59. The van der Waals surface area contributed by atoms with Crippen LogP contribution in [0.1, 0.15) is 58.4 Å². The largest absolute Gasteiger partial charge is 0.383 e. The van der Waals surface area contributed by atoms with Crippen LogP contribution in [0.4, 0.5) is 5.69 Å². The lowest BCUT2D eigenvalue weighted by Gasteiger charge is -2.15. The smallest absolute Gasteiger partial charge is 0.0344 e. The first-order valence-corrected chi connectivity index (χ1v) is 7.11. The van der Waals surface area contributed by atoms with Gasteiger partial charge in [0.15, 0.2) is 0 Å². The fourth-order valence-electron chi connectivity index (χ4n) is 2.12. The summed E-state index contributed by atoms with van der Waals surface area (Å²) in [5.41, 5.74) is 2.68. The molecule has 1 nitrogen and oxygen atoms in total. The molecule has 0 saturated carbocycles. The third-order valence-corrected chi connectivity index (χ3v) is 3.24. The van der Waals surface area contributed by atoms with Gasteiger partial charge in [0, 0.05) is 11.7 Å². The van der Waals surface area contributed by atoms with E-state index in [1.54, 1.807) is 0 Å². The number of hydrogen-bond donors (Lipinski definition) is 1. The Morgan fingerprint density at radius 1 is 1.12 bits per heavy atom. The Bertz CT molecular complexity index is 306. The summed E-state index contributed by atoms with van der Waals surface area (Å²) in [6.45, 7) is 6.75. The maximum absolute atomic E-state index is 3.59. The molecule has 0 radical (unpaired) electrons. The lowest BCUT2D eigenvalue weighted by Crippen LogP contribution is -2.14. The molecule has 1 atom stereocenters. The predicted molar refractivity (Wildman–Crippen MR) is 77.7 cm³/mol. The average Bonchev–Trinajstić information content (AvgIpc) is 2.35. The van der Waals surface area contributed by atoms with Crippen LogP contribution in [0.2, 0.25) is 0 Å². The number of anilines is 1. The minimum atomic E-state index is 0.582. The van der Waals surface area contributed by atoms with Crippen molar-refractivity contribution in [2.24, 2.45) is 0 Å². The predicted octanol–water partition coefficient (Wildman–Crippen LogP) is 5.02. The van der Waals surface area contributed by atoms with Gasteiger partial charge in [-0.3, -0.25) is 0 Å². The molecule has 0 aromatic heterocycles. The van der Waals surface area contributed by atoms with Crippen LogP contribution in [0.25, 0.3) is 0 Å². The number of unbranched alkanes of at least 4 members (excludes halogenated alkanes) is 3. The molecule has 1 aromatic carbocycles. The highest BCUT2D eigenvalue weighted by Crippen LogP contribution is 2.14. The molecular formula is C16H27N. The van der Waals surface area contributed by atoms with Crippen molar-refractivity contribution in [1.29, 1.82) is 0 Å². The van der Waals surface area contributed by atoms with Crippen LogP contribution in [0.3, 0.4) is 0 Å². The van der Waals surface area contributed by atoms with Crippen molar-refractivity contribution in [3.63, 3.8) is 0 Å². The highest BCUT2D eigenvalue weighted by Gasteiger charge is 2.02. The zero-order chi connectivity index (χ0) is 12.5. The maximum Gasteiger partial charge on any atom is 0.0344 e. The lowest BCUT2D eigenvalue weighted by molar-refractivity contribution is 0.594. The first-order valence-electron chi connectivity index (χ1n) is 7.11. The molecule has 0 saturated heterocycles. The second kappa shape index (κ2) is 8.16. The summed E-state index contributed by atoms with van der Waals surface area (Å²) in [7, 11) is 0. The number of aryl methyl sites for hydroxylation is 1. The third kappa shape index (κ3) is 5.76. The van der Waals surface area contributed by atoms with Gasteiger partial charge < -0.3 is 5.32 Å². The molecule has 0 amide bonds. The normalized spacial score (nSPS) is 12.4. The Morgan fingerprint density at radius 2 is 1.94 bits per heavy atom. The van der Waals surface area contributed by atoms with Crippen molar-refractivity contribution < 1.29 is 0 Å². The minimum absolute atomic E-state index is 0.582. The van der Waals surface area contributed by atoms with Gasteiger partial charge in [0.2, 0.25) is 0 Å². The molecule has 0 aliphatic heterocycles. The van der Waals surface area contributed by atoms with Gasteiger partial charge in [-0.2, -0.15) is 0 Å². The summed E-state index contributed by atoms with van der Waals surface area (Å²) < 4.78 is 0. The molecule has 1 rings (SSSR count). The molecule has 0 bridgehead atoms. The number of hydrogen-bond acceptors (Lipinski definition) is 1. The SMILES string of the molecule is CCCCCCC(C)Nc1cccc(CC)c1. The second-order valence-corrected chi connectivity index (χ2v) is 4.95. The Balaban J connectivity index is 2.31.